The fraction of sp³-hybridized carbons (Fsp3) is 0.692. The van der Waals surface area contributed by atoms with Gasteiger partial charge >= 0.3 is 0 Å². The fourth-order valence-electron chi connectivity index (χ4n) is 6.25. The molecule has 1 rings (SSSR count). The van der Waals surface area contributed by atoms with Crippen LogP contribution in [0.25, 0.3) is 0 Å². The van der Waals surface area contributed by atoms with Crippen molar-refractivity contribution in [1.29, 1.82) is 0 Å². The number of phenols is 1. The SMILES string of the molecule is C=C(C)CC(C)(C)C(c1c(CC)c(S(=O)(=O)O)c(O)c(OC)c1OC)C(C)(C)CC(C)(C)C. The molecule has 0 bridgehead atoms. The molecule has 0 fully saturated rings. The maximum Gasteiger partial charge on any atom is 0.298 e. The van der Waals surface area contributed by atoms with Gasteiger partial charge in [-0.3, -0.25) is 4.55 Å². The predicted molar refractivity (Wildman–Crippen MR) is 134 cm³/mol. The molecular formula is C26H44O6S. The van der Waals surface area contributed by atoms with Crippen LogP contribution in [-0.4, -0.2) is 32.3 Å². The number of phenolic OH excluding ortho intramolecular Hbond substituents is 1. The Morgan fingerprint density at radius 3 is 1.82 bits per heavy atom. The van der Waals surface area contributed by atoms with Crippen molar-refractivity contribution >= 4 is 10.1 Å². The third-order valence-electron chi connectivity index (χ3n) is 6.09. The number of rotatable bonds is 10. The van der Waals surface area contributed by atoms with Crippen molar-refractivity contribution in [3.63, 3.8) is 0 Å². The van der Waals surface area contributed by atoms with E-state index in [9.17, 15) is 18.1 Å². The van der Waals surface area contributed by atoms with Crippen molar-refractivity contribution in [2.24, 2.45) is 16.2 Å². The molecule has 6 nitrogen and oxygen atoms in total. The number of methoxy groups -OCH3 is 2. The molecule has 0 spiro atoms. The molecule has 1 atom stereocenters. The minimum atomic E-state index is -4.74. The van der Waals surface area contributed by atoms with Crippen molar-refractivity contribution in [3.8, 4) is 17.2 Å². The highest BCUT2D eigenvalue weighted by Crippen LogP contribution is 2.60. The smallest absolute Gasteiger partial charge is 0.298 e. The lowest BCUT2D eigenvalue weighted by Crippen LogP contribution is -2.38. The van der Waals surface area contributed by atoms with Crippen LogP contribution in [-0.2, 0) is 16.5 Å². The van der Waals surface area contributed by atoms with Crippen LogP contribution in [0.1, 0.15) is 92.2 Å². The highest BCUT2D eigenvalue weighted by Gasteiger charge is 2.47. The summed E-state index contributed by atoms with van der Waals surface area (Å²) in [6.45, 7) is 23.1. The third kappa shape index (κ3) is 6.44. The van der Waals surface area contributed by atoms with Crippen molar-refractivity contribution in [1.82, 2.24) is 0 Å². The molecule has 0 aliphatic carbocycles. The molecule has 0 aliphatic heterocycles. The molecule has 0 radical (unpaired) electrons. The first-order valence-corrected chi connectivity index (χ1v) is 12.8. The number of hydrogen-bond acceptors (Lipinski definition) is 5. The van der Waals surface area contributed by atoms with E-state index < -0.39 is 20.8 Å². The average molecular weight is 485 g/mol. The Morgan fingerprint density at radius 1 is 1.00 bits per heavy atom. The molecule has 0 aromatic heterocycles. The zero-order chi connectivity index (χ0) is 26.2. The highest BCUT2D eigenvalue weighted by molar-refractivity contribution is 7.86. The Hall–Kier alpha value is -1.73. The lowest BCUT2D eigenvalue weighted by molar-refractivity contribution is 0.0900. The summed E-state index contributed by atoms with van der Waals surface area (Å²) in [4.78, 5) is -0.514. The van der Waals surface area contributed by atoms with Gasteiger partial charge in [0.2, 0.25) is 5.75 Å². The summed E-state index contributed by atoms with van der Waals surface area (Å²) in [6, 6.07) is 0. The monoisotopic (exact) mass is 484 g/mol. The molecule has 190 valence electrons. The summed E-state index contributed by atoms with van der Waals surface area (Å²) < 4.78 is 46.3. The minimum absolute atomic E-state index is 0.00639. The summed E-state index contributed by atoms with van der Waals surface area (Å²) in [5.41, 5.74) is 1.29. The summed E-state index contributed by atoms with van der Waals surface area (Å²) in [7, 11) is -1.92. The van der Waals surface area contributed by atoms with Gasteiger partial charge in [0.05, 0.1) is 14.2 Å². The van der Waals surface area contributed by atoms with E-state index in [1.807, 2.05) is 6.92 Å². The topological polar surface area (TPSA) is 93.1 Å². The Balaban J connectivity index is 4.35. The Morgan fingerprint density at radius 2 is 1.48 bits per heavy atom. The van der Waals surface area contributed by atoms with Gasteiger partial charge < -0.3 is 14.6 Å². The minimum Gasteiger partial charge on any atom is -0.503 e. The molecule has 1 aromatic carbocycles. The summed E-state index contributed by atoms with van der Waals surface area (Å²) >= 11 is 0. The van der Waals surface area contributed by atoms with Gasteiger partial charge in [0.25, 0.3) is 10.1 Å². The van der Waals surface area contributed by atoms with Gasteiger partial charge in [0.15, 0.2) is 11.5 Å². The first-order chi connectivity index (χ1) is 14.7. The summed E-state index contributed by atoms with van der Waals surface area (Å²) in [5.74, 6) is -0.663. The highest BCUT2D eigenvalue weighted by atomic mass is 32.2. The Bertz CT molecular complexity index is 981. The van der Waals surface area contributed by atoms with E-state index in [0.717, 1.165) is 12.0 Å². The van der Waals surface area contributed by atoms with Crippen molar-refractivity contribution in [2.75, 3.05) is 14.2 Å². The maximum atomic E-state index is 12.5. The molecule has 0 heterocycles. The maximum absolute atomic E-state index is 12.5. The van der Waals surface area contributed by atoms with Crippen LogP contribution < -0.4 is 9.47 Å². The first kappa shape index (κ1) is 29.3. The van der Waals surface area contributed by atoms with Crippen LogP contribution in [0.5, 0.6) is 17.2 Å². The van der Waals surface area contributed by atoms with Gasteiger partial charge in [0, 0.05) is 5.56 Å². The molecule has 1 aromatic rings. The van der Waals surface area contributed by atoms with E-state index in [1.165, 1.54) is 14.2 Å². The number of hydrogen-bond donors (Lipinski definition) is 2. The Labute approximate surface area is 201 Å². The van der Waals surface area contributed by atoms with E-state index >= 15 is 0 Å². The lowest BCUT2D eigenvalue weighted by atomic mass is 9.56. The van der Waals surface area contributed by atoms with Crippen molar-refractivity contribution in [2.45, 2.75) is 92.4 Å². The van der Waals surface area contributed by atoms with Gasteiger partial charge in [-0.25, -0.2) is 0 Å². The molecule has 7 heteroatoms. The molecule has 1 unspecified atom stereocenters. The second kappa shape index (κ2) is 9.87. The molecule has 0 aliphatic rings. The van der Waals surface area contributed by atoms with E-state index in [2.05, 4.69) is 55.0 Å². The van der Waals surface area contributed by atoms with Crippen LogP contribution in [0.2, 0.25) is 0 Å². The summed E-state index contributed by atoms with van der Waals surface area (Å²) in [5, 5.41) is 10.8. The van der Waals surface area contributed by atoms with Crippen LogP contribution in [0.3, 0.4) is 0 Å². The van der Waals surface area contributed by atoms with Gasteiger partial charge in [-0.05, 0) is 53.9 Å². The van der Waals surface area contributed by atoms with Crippen LogP contribution >= 0.6 is 0 Å². The predicted octanol–water partition coefficient (Wildman–Crippen LogP) is 6.76. The molecule has 0 saturated heterocycles. The molecule has 0 amide bonds. The quantitative estimate of drug-likeness (QED) is 0.282. The van der Waals surface area contributed by atoms with Crippen LogP contribution in [0.15, 0.2) is 17.0 Å². The average Bonchev–Trinajstić information content (AvgIpc) is 2.56. The standard InChI is InChI=1S/C26H44O6S/c1-13-17-18(20(31-11)21(32-12)19(27)22(17)33(28,29)30)23(25(7,8)14-16(2)3)26(9,10)15-24(4,5)6/h23,27H,2,13-15H2,1,3-12H3,(H,28,29,30). The van der Waals surface area contributed by atoms with E-state index in [-0.39, 0.29) is 34.3 Å². The van der Waals surface area contributed by atoms with Gasteiger partial charge in [-0.1, -0.05) is 61.0 Å². The number of benzene rings is 1. The Kier molecular flexibility index (Phi) is 8.76. The van der Waals surface area contributed by atoms with E-state index in [0.29, 0.717) is 23.3 Å². The normalized spacial score (nSPS) is 14.2. The van der Waals surface area contributed by atoms with Gasteiger partial charge in [0.1, 0.15) is 4.90 Å². The van der Waals surface area contributed by atoms with Crippen molar-refractivity contribution in [3.05, 3.63) is 23.3 Å². The number of ether oxygens (including phenoxy) is 2. The first-order valence-electron chi connectivity index (χ1n) is 11.4. The zero-order valence-electron chi connectivity index (χ0n) is 22.3. The zero-order valence-corrected chi connectivity index (χ0v) is 23.2. The van der Waals surface area contributed by atoms with E-state index in [1.54, 1.807) is 6.92 Å². The van der Waals surface area contributed by atoms with Crippen LogP contribution in [0, 0.1) is 16.2 Å². The lowest BCUT2D eigenvalue weighted by Gasteiger charge is -2.49. The fourth-order valence-corrected chi connectivity index (χ4v) is 7.15. The molecule has 33 heavy (non-hydrogen) atoms. The number of aromatic hydroxyl groups is 1. The molecule has 2 N–H and O–H groups in total. The molecular weight excluding hydrogens is 440 g/mol. The second-order valence-electron chi connectivity index (χ2n) is 11.7. The largest absolute Gasteiger partial charge is 0.503 e. The van der Waals surface area contributed by atoms with Crippen molar-refractivity contribution < 1.29 is 27.6 Å². The van der Waals surface area contributed by atoms with Crippen LogP contribution in [0.4, 0.5) is 0 Å². The third-order valence-corrected chi connectivity index (χ3v) is 7.05. The number of allylic oxidation sites excluding steroid dienone is 1. The molecule has 0 saturated carbocycles. The van der Waals surface area contributed by atoms with Gasteiger partial charge in [-0.15, -0.1) is 6.58 Å². The summed E-state index contributed by atoms with van der Waals surface area (Å²) in [6.07, 6.45) is 1.80. The van der Waals surface area contributed by atoms with E-state index in [4.69, 9.17) is 9.47 Å². The van der Waals surface area contributed by atoms with Gasteiger partial charge in [-0.2, -0.15) is 8.42 Å². The second-order valence-corrected chi connectivity index (χ2v) is 13.1.